The summed E-state index contributed by atoms with van der Waals surface area (Å²) in [6, 6.07) is 13.9. The molecule has 1 saturated heterocycles. The summed E-state index contributed by atoms with van der Waals surface area (Å²) < 4.78 is 32.5. The molecular weight excluding hydrogens is 356 g/mol. The Balaban J connectivity index is 1.60. The lowest BCUT2D eigenvalue weighted by Crippen LogP contribution is -2.39. The Morgan fingerprint density at radius 1 is 1.04 bits per heavy atom. The smallest absolute Gasteiger partial charge is 0.251 e. The fourth-order valence-electron chi connectivity index (χ4n) is 3.45. The van der Waals surface area contributed by atoms with E-state index in [-0.39, 0.29) is 12.8 Å². The van der Waals surface area contributed by atoms with Crippen molar-refractivity contribution in [2.24, 2.45) is 0 Å². The molecule has 0 bridgehead atoms. The molecule has 2 nitrogen and oxygen atoms in total. The number of fused-ring (bicyclic) bond motifs is 1. The number of furan rings is 1. The fraction of sp³-hybridized carbons (Fsp3) is 0.333. The van der Waals surface area contributed by atoms with Gasteiger partial charge in [0.15, 0.2) is 0 Å². The third-order valence-electron chi connectivity index (χ3n) is 5.05. The predicted octanol–water partition coefficient (Wildman–Crippen LogP) is 6.55. The Hall–Kier alpha value is -2.07. The average Bonchev–Trinajstić information content (AvgIpc) is 3.06. The van der Waals surface area contributed by atoms with Crippen LogP contribution in [0.1, 0.15) is 25.5 Å². The zero-order valence-corrected chi connectivity index (χ0v) is 15.3. The number of hydrogen-bond donors (Lipinski definition) is 0. The van der Waals surface area contributed by atoms with Gasteiger partial charge in [-0.2, -0.15) is 0 Å². The number of benzene rings is 2. The summed E-state index contributed by atoms with van der Waals surface area (Å²) in [7, 11) is 0. The van der Waals surface area contributed by atoms with Gasteiger partial charge >= 0.3 is 0 Å². The molecule has 5 heteroatoms. The summed E-state index contributed by atoms with van der Waals surface area (Å²) in [6.07, 6.45) is 0.655. The van der Waals surface area contributed by atoms with Crippen LogP contribution < -0.4 is 4.90 Å². The van der Waals surface area contributed by atoms with Gasteiger partial charge < -0.3 is 9.32 Å². The molecule has 26 heavy (non-hydrogen) atoms. The van der Waals surface area contributed by atoms with E-state index in [0.29, 0.717) is 18.1 Å². The van der Waals surface area contributed by atoms with Crippen molar-refractivity contribution in [1.29, 1.82) is 0 Å². The van der Waals surface area contributed by atoms with Gasteiger partial charge in [-0.15, -0.1) is 0 Å². The van der Waals surface area contributed by atoms with E-state index < -0.39 is 5.92 Å². The lowest BCUT2D eigenvalue weighted by molar-refractivity contribution is -0.0220. The Morgan fingerprint density at radius 3 is 2.38 bits per heavy atom. The van der Waals surface area contributed by atoms with Crippen molar-refractivity contribution in [3.63, 3.8) is 0 Å². The van der Waals surface area contributed by atoms with Crippen LogP contribution in [0.4, 0.5) is 14.5 Å². The lowest BCUT2D eigenvalue weighted by atomic mass is 10.0. The molecular formula is C21H20ClF2NO. The van der Waals surface area contributed by atoms with Crippen LogP contribution in [0.15, 0.2) is 46.9 Å². The number of piperidine rings is 1. The van der Waals surface area contributed by atoms with Gasteiger partial charge in [0, 0.05) is 43.4 Å². The average molecular weight is 376 g/mol. The van der Waals surface area contributed by atoms with Gasteiger partial charge in [0.1, 0.15) is 11.3 Å². The molecule has 0 aliphatic carbocycles. The van der Waals surface area contributed by atoms with Crippen molar-refractivity contribution in [2.75, 3.05) is 18.0 Å². The minimum absolute atomic E-state index is 0.0840. The van der Waals surface area contributed by atoms with E-state index in [0.717, 1.165) is 40.0 Å². The number of halogens is 3. The highest BCUT2D eigenvalue weighted by atomic mass is 35.5. The SMILES string of the molecule is CCc1cc2c(Cl)cc(-c3ccc(N4CCC(F)(F)CC4)cc3)cc2o1. The lowest BCUT2D eigenvalue weighted by Gasteiger charge is -2.33. The number of alkyl halides is 2. The van der Waals surface area contributed by atoms with Gasteiger partial charge in [0.2, 0.25) is 0 Å². The van der Waals surface area contributed by atoms with Crippen LogP contribution in [0.25, 0.3) is 22.1 Å². The summed E-state index contributed by atoms with van der Waals surface area (Å²) >= 11 is 6.42. The van der Waals surface area contributed by atoms with Crippen LogP contribution in [0.3, 0.4) is 0 Å². The molecule has 0 spiro atoms. The number of hydrogen-bond acceptors (Lipinski definition) is 2. The highest BCUT2D eigenvalue weighted by molar-refractivity contribution is 6.35. The maximum absolute atomic E-state index is 13.3. The maximum Gasteiger partial charge on any atom is 0.251 e. The number of aryl methyl sites for hydroxylation is 1. The maximum atomic E-state index is 13.3. The molecule has 2 heterocycles. The third-order valence-corrected chi connectivity index (χ3v) is 5.36. The second-order valence-electron chi connectivity index (χ2n) is 6.83. The molecule has 1 aliphatic heterocycles. The second-order valence-corrected chi connectivity index (χ2v) is 7.23. The quantitative estimate of drug-likeness (QED) is 0.516. The minimum atomic E-state index is -2.52. The third kappa shape index (κ3) is 3.30. The topological polar surface area (TPSA) is 16.4 Å². The zero-order valence-electron chi connectivity index (χ0n) is 14.6. The van der Waals surface area contributed by atoms with Crippen molar-refractivity contribution in [2.45, 2.75) is 32.1 Å². The predicted molar refractivity (Wildman–Crippen MR) is 102 cm³/mol. The molecule has 0 saturated carbocycles. The summed E-state index contributed by atoms with van der Waals surface area (Å²) in [5, 5.41) is 1.60. The molecule has 0 atom stereocenters. The normalized spacial score (nSPS) is 17.0. The van der Waals surface area contributed by atoms with E-state index in [9.17, 15) is 8.78 Å². The highest BCUT2D eigenvalue weighted by Gasteiger charge is 2.33. The molecule has 0 amide bonds. The van der Waals surface area contributed by atoms with E-state index >= 15 is 0 Å². The molecule has 1 aromatic heterocycles. The van der Waals surface area contributed by atoms with Crippen LogP contribution in [-0.4, -0.2) is 19.0 Å². The van der Waals surface area contributed by atoms with Gasteiger partial charge in [0.25, 0.3) is 5.92 Å². The van der Waals surface area contributed by atoms with Crippen molar-refractivity contribution in [3.05, 3.63) is 53.2 Å². The Morgan fingerprint density at radius 2 is 1.73 bits per heavy atom. The van der Waals surface area contributed by atoms with Crippen LogP contribution in [0.2, 0.25) is 5.02 Å². The van der Waals surface area contributed by atoms with Gasteiger partial charge in [0.05, 0.1) is 5.02 Å². The first kappa shape index (κ1) is 17.3. The van der Waals surface area contributed by atoms with Crippen LogP contribution in [0, 0.1) is 0 Å². The molecule has 2 aromatic carbocycles. The highest BCUT2D eigenvalue weighted by Crippen LogP contribution is 2.35. The van der Waals surface area contributed by atoms with Crippen LogP contribution >= 0.6 is 11.6 Å². The summed E-state index contributed by atoms with van der Waals surface area (Å²) in [5.74, 6) is -1.61. The summed E-state index contributed by atoms with van der Waals surface area (Å²) in [4.78, 5) is 2.01. The molecule has 1 fully saturated rings. The first-order valence-electron chi connectivity index (χ1n) is 8.90. The van der Waals surface area contributed by atoms with E-state index in [1.165, 1.54) is 0 Å². The fourth-order valence-corrected chi connectivity index (χ4v) is 3.71. The molecule has 0 unspecified atom stereocenters. The summed E-state index contributed by atoms with van der Waals surface area (Å²) in [5.41, 5.74) is 3.76. The van der Waals surface area contributed by atoms with E-state index in [2.05, 4.69) is 0 Å². The van der Waals surface area contributed by atoms with Crippen molar-refractivity contribution in [1.82, 2.24) is 0 Å². The van der Waals surface area contributed by atoms with Gasteiger partial charge in [-0.3, -0.25) is 0 Å². The summed E-state index contributed by atoms with van der Waals surface area (Å²) in [6.45, 7) is 2.81. The van der Waals surface area contributed by atoms with Gasteiger partial charge in [-0.05, 0) is 41.5 Å². The van der Waals surface area contributed by atoms with Gasteiger partial charge in [-0.25, -0.2) is 8.78 Å². The molecule has 3 aromatic rings. The molecule has 0 N–H and O–H groups in total. The Labute approximate surface area is 156 Å². The molecule has 1 aliphatic rings. The molecule has 0 radical (unpaired) electrons. The van der Waals surface area contributed by atoms with Gasteiger partial charge in [-0.1, -0.05) is 30.7 Å². The van der Waals surface area contributed by atoms with Crippen LogP contribution in [-0.2, 0) is 6.42 Å². The number of anilines is 1. The van der Waals surface area contributed by atoms with Crippen molar-refractivity contribution < 1.29 is 13.2 Å². The standard InChI is InChI=1S/C21H20ClF2NO/c1-2-17-13-18-19(22)11-15(12-20(18)26-17)14-3-5-16(6-4-14)25-9-7-21(23,24)8-10-25/h3-6,11-13H,2,7-10H2,1H3. The van der Waals surface area contributed by atoms with E-state index in [1.54, 1.807) is 0 Å². The number of rotatable bonds is 3. The Bertz CT molecular complexity index is 923. The Kier molecular flexibility index (Phi) is 4.39. The van der Waals surface area contributed by atoms with Crippen molar-refractivity contribution >= 4 is 28.3 Å². The first-order chi connectivity index (χ1) is 12.4. The monoisotopic (exact) mass is 375 g/mol. The van der Waals surface area contributed by atoms with E-state index in [1.807, 2.05) is 54.3 Å². The second kappa shape index (κ2) is 6.58. The molecule has 136 valence electrons. The largest absolute Gasteiger partial charge is 0.461 e. The van der Waals surface area contributed by atoms with Crippen molar-refractivity contribution in [3.8, 4) is 11.1 Å². The molecule has 4 rings (SSSR count). The first-order valence-corrected chi connectivity index (χ1v) is 9.28. The van der Waals surface area contributed by atoms with E-state index in [4.69, 9.17) is 16.0 Å². The van der Waals surface area contributed by atoms with Crippen LogP contribution in [0.5, 0.6) is 0 Å². The zero-order chi connectivity index (χ0) is 18.3. The minimum Gasteiger partial charge on any atom is -0.461 e. The number of nitrogens with zero attached hydrogens (tertiary/aromatic N) is 1.